The van der Waals surface area contributed by atoms with Crippen molar-refractivity contribution in [2.24, 2.45) is 0 Å². The number of hydrogen-bond donors (Lipinski definition) is 1. The predicted octanol–water partition coefficient (Wildman–Crippen LogP) is 5.34. The maximum Gasteiger partial charge on any atom is 0.262 e. The van der Waals surface area contributed by atoms with E-state index in [0.717, 1.165) is 17.7 Å². The van der Waals surface area contributed by atoms with Crippen LogP contribution in [0.25, 0.3) is 0 Å². The van der Waals surface area contributed by atoms with Crippen LogP contribution in [0.4, 0.5) is 5.69 Å². The van der Waals surface area contributed by atoms with Gasteiger partial charge in [-0.2, -0.15) is 0 Å². The first-order valence-electron chi connectivity index (χ1n) is 8.62. The second-order valence-electron chi connectivity index (χ2n) is 6.46. The molecule has 0 fully saturated rings. The summed E-state index contributed by atoms with van der Waals surface area (Å²) in [5, 5.41) is 2.94. The molecule has 0 aromatic heterocycles. The van der Waals surface area contributed by atoms with E-state index in [1.54, 1.807) is 0 Å². The molecule has 0 saturated carbocycles. The van der Waals surface area contributed by atoms with Crippen LogP contribution in [0.3, 0.4) is 0 Å². The number of carbonyl (C=O) groups excluding carboxylic acids is 1. The molecule has 3 heteroatoms. The van der Waals surface area contributed by atoms with Crippen molar-refractivity contribution >= 4 is 11.6 Å². The van der Waals surface area contributed by atoms with E-state index in [1.165, 1.54) is 5.56 Å². The highest BCUT2D eigenvalue weighted by Crippen LogP contribution is 2.24. The first-order chi connectivity index (χ1) is 11.5. The molecule has 0 aliphatic carbocycles. The van der Waals surface area contributed by atoms with Crippen molar-refractivity contribution < 1.29 is 9.53 Å². The third kappa shape index (κ3) is 4.85. The Morgan fingerprint density at radius 2 is 1.71 bits per heavy atom. The fraction of sp³-hybridized carbons (Fsp3) is 0.381. The SMILES string of the molecule is CCC(C)c1ccc(OCC(=O)Nc2ccccc2C(C)C)cc1. The van der Waals surface area contributed by atoms with Gasteiger partial charge in [0.15, 0.2) is 6.61 Å². The van der Waals surface area contributed by atoms with Crippen molar-refractivity contribution in [3.05, 3.63) is 59.7 Å². The molecular formula is C21H27NO2. The Morgan fingerprint density at radius 1 is 1.04 bits per heavy atom. The molecule has 3 nitrogen and oxygen atoms in total. The average Bonchev–Trinajstić information content (AvgIpc) is 2.60. The molecule has 1 atom stereocenters. The maximum absolute atomic E-state index is 12.1. The average molecular weight is 325 g/mol. The van der Waals surface area contributed by atoms with Crippen LogP contribution in [0, 0.1) is 0 Å². The fourth-order valence-corrected chi connectivity index (χ4v) is 2.58. The molecule has 1 amide bonds. The van der Waals surface area contributed by atoms with Crippen LogP contribution in [0.15, 0.2) is 48.5 Å². The van der Waals surface area contributed by atoms with Gasteiger partial charge in [-0.1, -0.05) is 58.0 Å². The smallest absolute Gasteiger partial charge is 0.262 e. The molecule has 0 saturated heterocycles. The molecule has 0 aliphatic rings. The third-order valence-electron chi connectivity index (χ3n) is 4.29. The lowest BCUT2D eigenvalue weighted by atomic mass is 9.99. The molecule has 1 unspecified atom stereocenters. The molecule has 24 heavy (non-hydrogen) atoms. The molecule has 0 spiro atoms. The van der Waals surface area contributed by atoms with Crippen LogP contribution < -0.4 is 10.1 Å². The van der Waals surface area contributed by atoms with E-state index in [1.807, 2.05) is 36.4 Å². The van der Waals surface area contributed by atoms with Crippen LogP contribution >= 0.6 is 0 Å². The summed E-state index contributed by atoms with van der Waals surface area (Å²) in [7, 11) is 0. The second-order valence-corrected chi connectivity index (χ2v) is 6.46. The van der Waals surface area contributed by atoms with E-state index < -0.39 is 0 Å². The van der Waals surface area contributed by atoms with E-state index in [0.29, 0.717) is 17.6 Å². The van der Waals surface area contributed by atoms with E-state index in [2.05, 4.69) is 45.1 Å². The number of nitrogens with one attached hydrogen (secondary N) is 1. The zero-order chi connectivity index (χ0) is 17.5. The first kappa shape index (κ1) is 18.1. The fourth-order valence-electron chi connectivity index (χ4n) is 2.58. The number of carbonyl (C=O) groups is 1. The monoisotopic (exact) mass is 325 g/mol. The first-order valence-corrected chi connectivity index (χ1v) is 8.62. The van der Waals surface area contributed by atoms with Gasteiger partial charge in [0.05, 0.1) is 0 Å². The lowest BCUT2D eigenvalue weighted by Crippen LogP contribution is -2.21. The zero-order valence-corrected chi connectivity index (χ0v) is 15.0. The number of hydrogen-bond acceptors (Lipinski definition) is 2. The Bertz CT molecular complexity index is 662. The van der Waals surface area contributed by atoms with Gasteiger partial charge in [0.25, 0.3) is 5.91 Å². The summed E-state index contributed by atoms with van der Waals surface area (Å²) in [5.74, 6) is 1.47. The van der Waals surface area contributed by atoms with Crippen LogP contribution in [-0.2, 0) is 4.79 Å². The normalized spacial score (nSPS) is 12.0. The minimum Gasteiger partial charge on any atom is -0.484 e. The van der Waals surface area contributed by atoms with Crippen LogP contribution in [0.5, 0.6) is 5.75 Å². The highest BCUT2D eigenvalue weighted by Gasteiger charge is 2.10. The molecule has 2 aromatic rings. The van der Waals surface area contributed by atoms with Gasteiger partial charge in [-0.3, -0.25) is 4.79 Å². The highest BCUT2D eigenvalue weighted by molar-refractivity contribution is 5.92. The van der Waals surface area contributed by atoms with Crippen molar-refractivity contribution in [3.63, 3.8) is 0 Å². The van der Waals surface area contributed by atoms with Crippen LogP contribution in [-0.4, -0.2) is 12.5 Å². The topological polar surface area (TPSA) is 38.3 Å². The quantitative estimate of drug-likeness (QED) is 0.746. The van der Waals surface area contributed by atoms with Crippen molar-refractivity contribution in [1.82, 2.24) is 0 Å². The summed E-state index contributed by atoms with van der Waals surface area (Å²) >= 11 is 0. The van der Waals surface area contributed by atoms with E-state index in [9.17, 15) is 4.79 Å². The van der Waals surface area contributed by atoms with Gasteiger partial charge in [0.1, 0.15) is 5.75 Å². The minimum absolute atomic E-state index is 0.00904. The summed E-state index contributed by atoms with van der Waals surface area (Å²) in [4.78, 5) is 12.1. The van der Waals surface area contributed by atoms with E-state index in [4.69, 9.17) is 4.74 Å². The van der Waals surface area contributed by atoms with E-state index in [-0.39, 0.29) is 12.5 Å². The van der Waals surface area contributed by atoms with Crippen molar-refractivity contribution in [3.8, 4) is 5.75 Å². The number of para-hydroxylation sites is 1. The Balaban J connectivity index is 1.92. The molecule has 0 aliphatic heterocycles. The Kier molecular flexibility index (Phi) is 6.42. The lowest BCUT2D eigenvalue weighted by Gasteiger charge is -2.14. The number of amides is 1. The highest BCUT2D eigenvalue weighted by atomic mass is 16.5. The maximum atomic E-state index is 12.1. The minimum atomic E-state index is -0.144. The number of rotatable bonds is 7. The van der Waals surface area contributed by atoms with Gasteiger partial charge >= 0.3 is 0 Å². The molecule has 0 radical (unpaired) electrons. The van der Waals surface area contributed by atoms with Gasteiger partial charge in [0, 0.05) is 5.69 Å². The molecule has 128 valence electrons. The number of benzene rings is 2. The molecule has 2 aromatic carbocycles. The third-order valence-corrected chi connectivity index (χ3v) is 4.29. The Labute approximate surface area is 145 Å². The number of ether oxygens (including phenoxy) is 1. The lowest BCUT2D eigenvalue weighted by molar-refractivity contribution is -0.118. The summed E-state index contributed by atoms with van der Waals surface area (Å²) < 4.78 is 5.60. The van der Waals surface area contributed by atoms with Crippen molar-refractivity contribution in [2.75, 3.05) is 11.9 Å². The Hall–Kier alpha value is -2.29. The van der Waals surface area contributed by atoms with Gasteiger partial charge in [-0.15, -0.1) is 0 Å². The van der Waals surface area contributed by atoms with Gasteiger partial charge in [-0.05, 0) is 47.6 Å². The standard InChI is InChI=1S/C21H27NO2/c1-5-16(4)17-10-12-18(13-11-17)24-14-21(23)22-20-9-7-6-8-19(20)15(2)3/h6-13,15-16H,5,14H2,1-4H3,(H,22,23). The molecule has 0 heterocycles. The van der Waals surface area contributed by atoms with Crippen molar-refractivity contribution in [2.45, 2.75) is 46.0 Å². The van der Waals surface area contributed by atoms with E-state index >= 15 is 0 Å². The summed E-state index contributed by atoms with van der Waals surface area (Å²) in [6.45, 7) is 8.61. The van der Waals surface area contributed by atoms with Gasteiger partial charge in [-0.25, -0.2) is 0 Å². The molecular weight excluding hydrogens is 298 g/mol. The predicted molar refractivity (Wildman–Crippen MR) is 99.8 cm³/mol. The van der Waals surface area contributed by atoms with Crippen LogP contribution in [0.2, 0.25) is 0 Å². The zero-order valence-electron chi connectivity index (χ0n) is 15.0. The van der Waals surface area contributed by atoms with Gasteiger partial charge in [0.2, 0.25) is 0 Å². The van der Waals surface area contributed by atoms with Gasteiger partial charge < -0.3 is 10.1 Å². The summed E-state index contributed by atoms with van der Waals surface area (Å²) in [6.07, 6.45) is 1.11. The van der Waals surface area contributed by atoms with Crippen LogP contribution in [0.1, 0.15) is 57.1 Å². The molecule has 0 bridgehead atoms. The summed E-state index contributed by atoms with van der Waals surface area (Å²) in [6, 6.07) is 15.9. The summed E-state index contributed by atoms with van der Waals surface area (Å²) in [5.41, 5.74) is 3.28. The largest absolute Gasteiger partial charge is 0.484 e. The number of anilines is 1. The van der Waals surface area contributed by atoms with Crippen molar-refractivity contribution in [1.29, 1.82) is 0 Å². The molecule has 2 rings (SSSR count). The Morgan fingerprint density at radius 3 is 2.33 bits per heavy atom. The molecule has 1 N–H and O–H groups in total. The second kappa shape index (κ2) is 8.53.